The lowest BCUT2D eigenvalue weighted by atomic mass is 9.99. The van der Waals surface area contributed by atoms with Gasteiger partial charge in [0.2, 0.25) is 0 Å². The highest BCUT2D eigenvalue weighted by molar-refractivity contribution is 5.97. The summed E-state index contributed by atoms with van der Waals surface area (Å²) in [6.45, 7) is 1.79. The summed E-state index contributed by atoms with van der Waals surface area (Å²) in [6, 6.07) is 16.1. The van der Waals surface area contributed by atoms with Crippen LogP contribution in [0.4, 0.5) is 10.5 Å². The first kappa shape index (κ1) is 21.4. The van der Waals surface area contributed by atoms with E-state index in [9.17, 15) is 9.59 Å². The Kier molecular flexibility index (Phi) is 6.07. The first-order valence-corrected chi connectivity index (χ1v) is 11.1. The van der Waals surface area contributed by atoms with E-state index in [4.69, 9.17) is 4.74 Å². The largest absolute Gasteiger partial charge is 0.492 e. The van der Waals surface area contributed by atoms with E-state index in [0.717, 1.165) is 28.8 Å². The van der Waals surface area contributed by atoms with Crippen molar-refractivity contribution in [3.05, 3.63) is 83.7 Å². The van der Waals surface area contributed by atoms with Gasteiger partial charge in [0.05, 0.1) is 12.7 Å². The molecular formula is C25H24N6O3. The van der Waals surface area contributed by atoms with Gasteiger partial charge in [-0.2, -0.15) is 5.10 Å². The van der Waals surface area contributed by atoms with Crippen molar-refractivity contribution in [2.45, 2.75) is 13.0 Å². The summed E-state index contributed by atoms with van der Waals surface area (Å²) in [5.41, 5.74) is 3.98. The molecular weight excluding hydrogens is 432 g/mol. The number of ether oxygens (including phenoxy) is 1. The molecule has 4 aromatic rings. The van der Waals surface area contributed by atoms with Gasteiger partial charge in [-0.1, -0.05) is 24.3 Å². The molecule has 0 spiro atoms. The maximum absolute atomic E-state index is 12.9. The van der Waals surface area contributed by atoms with Crippen molar-refractivity contribution in [3.8, 4) is 5.75 Å². The van der Waals surface area contributed by atoms with Crippen LogP contribution in [0.3, 0.4) is 0 Å². The first-order valence-electron chi connectivity index (χ1n) is 11.1. The number of benzene rings is 2. The van der Waals surface area contributed by atoms with Crippen molar-refractivity contribution < 1.29 is 14.3 Å². The van der Waals surface area contributed by atoms with Crippen molar-refractivity contribution in [2.24, 2.45) is 0 Å². The number of H-pyrrole nitrogens is 1. The van der Waals surface area contributed by atoms with Crippen LogP contribution in [0, 0.1) is 0 Å². The molecule has 0 radical (unpaired) electrons. The quantitative estimate of drug-likeness (QED) is 0.385. The molecule has 0 atom stereocenters. The number of pyridine rings is 1. The topological polar surface area (TPSA) is 112 Å². The number of rotatable bonds is 6. The molecule has 9 nitrogen and oxygen atoms in total. The fourth-order valence-electron chi connectivity index (χ4n) is 4.02. The molecule has 34 heavy (non-hydrogen) atoms. The van der Waals surface area contributed by atoms with Gasteiger partial charge >= 0.3 is 6.03 Å². The van der Waals surface area contributed by atoms with E-state index in [2.05, 4.69) is 25.8 Å². The van der Waals surface area contributed by atoms with Gasteiger partial charge < -0.3 is 20.3 Å². The Morgan fingerprint density at radius 2 is 1.97 bits per heavy atom. The SMILES string of the molecule is O=C(NCCOc1ccccc1)c1cccc(NC(=O)N2CCc3c(cnc4[nH]ncc34)C2)c1. The van der Waals surface area contributed by atoms with Crippen LogP contribution in [0.25, 0.3) is 11.0 Å². The number of fused-ring (bicyclic) bond motifs is 3. The van der Waals surface area contributed by atoms with Crippen molar-refractivity contribution in [1.29, 1.82) is 0 Å². The van der Waals surface area contributed by atoms with Crippen molar-refractivity contribution in [2.75, 3.05) is 25.0 Å². The smallest absolute Gasteiger partial charge is 0.322 e. The second kappa shape index (κ2) is 9.62. The maximum Gasteiger partial charge on any atom is 0.322 e. The van der Waals surface area contributed by atoms with Gasteiger partial charge in [-0.05, 0) is 47.9 Å². The maximum atomic E-state index is 12.9. The number of aromatic amines is 1. The fourth-order valence-corrected chi connectivity index (χ4v) is 4.02. The molecule has 0 fully saturated rings. The van der Waals surface area contributed by atoms with Crippen LogP contribution in [-0.4, -0.2) is 51.7 Å². The van der Waals surface area contributed by atoms with E-state index < -0.39 is 0 Å². The average Bonchev–Trinajstić information content (AvgIpc) is 3.36. The monoisotopic (exact) mass is 456 g/mol. The Morgan fingerprint density at radius 3 is 2.85 bits per heavy atom. The predicted molar refractivity (Wildman–Crippen MR) is 128 cm³/mol. The average molecular weight is 457 g/mol. The molecule has 3 amide bonds. The fraction of sp³-hybridized carbons (Fsp3) is 0.200. The molecule has 0 bridgehead atoms. The normalized spacial score (nSPS) is 12.8. The number of urea groups is 1. The van der Waals surface area contributed by atoms with Crippen LogP contribution in [-0.2, 0) is 13.0 Å². The summed E-state index contributed by atoms with van der Waals surface area (Å²) in [6.07, 6.45) is 4.30. The summed E-state index contributed by atoms with van der Waals surface area (Å²) in [7, 11) is 0. The van der Waals surface area contributed by atoms with Gasteiger partial charge in [0.15, 0.2) is 5.65 Å². The summed E-state index contributed by atoms with van der Waals surface area (Å²) in [4.78, 5) is 31.5. The Bertz CT molecular complexity index is 1320. The zero-order chi connectivity index (χ0) is 23.3. The number of aromatic nitrogens is 3. The van der Waals surface area contributed by atoms with Gasteiger partial charge in [0, 0.05) is 35.9 Å². The summed E-state index contributed by atoms with van der Waals surface area (Å²) in [5, 5.41) is 13.7. The zero-order valence-electron chi connectivity index (χ0n) is 18.5. The molecule has 0 unspecified atom stereocenters. The number of carbonyl (C=O) groups excluding carboxylic acids is 2. The first-order chi connectivity index (χ1) is 16.7. The van der Waals surface area contributed by atoms with Crippen molar-refractivity contribution in [3.63, 3.8) is 0 Å². The number of para-hydroxylation sites is 1. The summed E-state index contributed by atoms with van der Waals surface area (Å²) < 4.78 is 5.59. The molecule has 0 saturated heterocycles. The molecule has 5 rings (SSSR count). The van der Waals surface area contributed by atoms with Crippen molar-refractivity contribution >= 4 is 28.7 Å². The Balaban J connectivity index is 1.16. The van der Waals surface area contributed by atoms with E-state index >= 15 is 0 Å². The molecule has 2 aromatic heterocycles. The van der Waals surface area contributed by atoms with Gasteiger partial charge in [0.1, 0.15) is 12.4 Å². The molecule has 1 aliphatic heterocycles. The third kappa shape index (κ3) is 4.68. The molecule has 0 aliphatic carbocycles. The van der Waals surface area contributed by atoms with Gasteiger partial charge in [-0.25, -0.2) is 9.78 Å². The Morgan fingerprint density at radius 1 is 1.09 bits per heavy atom. The van der Waals surface area contributed by atoms with Crippen molar-refractivity contribution in [1.82, 2.24) is 25.4 Å². The number of amides is 3. The predicted octanol–water partition coefficient (Wildman–Crippen LogP) is 3.36. The highest BCUT2D eigenvalue weighted by Gasteiger charge is 2.23. The molecule has 3 heterocycles. The number of anilines is 1. The zero-order valence-corrected chi connectivity index (χ0v) is 18.5. The third-order valence-corrected chi connectivity index (χ3v) is 5.74. The lowest BCUT2D eigenvalue weighted by molar-refractivity contribution is 0.0947. The minimum absolute atomic E-state index is 0.216. The van der Waals surface area contributed by atoms with Gasteiger partial charge in [-0.15, -0.1) is 0 Å². The lowest BCUT2D eigenvalue weighted by Gasteiger charge is -2.29. The molecule has 9 heteroatoms. The summed E-state index contributed by atoms with van der Waals surface area (Å²) >= 11 is 0. The van der Waals surface area contributed by atoms with E-state index in [1.165, 1.54) is 5.56 Å². The van der Waals surface area contributed by atoms with Gasteiger partial charge in [0.25, 0.3) is 5.91 Å². The standard InChI is InChI=1S/C25H24N6O3/c32-24(26-10-12-34-20-7-2-1-3-8-20)17-5-4-6-19(13-17)29-25(33)31-11-9-21-18(16-31)14-27-23-22(21)15-28-30-23/h1-8,13-15H,9-12,16H2,(H,26,32)(H,29,33)(H,27,28,30). The van der Waals surface area contributed by atoms with Crippen LogP contribution in [0.1, 0.15) is 21.5 Å². The molecule has 172 valence electrons. The second-order valence-corrected chi connectivity index (χ2v) is 7.99. The lowest BCUT2D eigenvalue weighted by Crippen LogP contribution is -2.39. The minimum Gasteiger partial charge on any atom is -0.492 e. The number of hydrogen-bond donors (Lipinski definition) is 3. The van der Waals surface area contributed by atoms with Crippen LogP contribution in [0.2, 0.25) is 0 Å². The van der Waals surface area contributed by atoms with Crippen LogP contribution >= 0.6 is 0 Å². The van der Waals surface area contributed by atoms with E-state index in [1.807, 2.05) is 30.3 Å². The molecule has 2 aromatic carbocycles. The highest BCUT2D eigenvalue weighted by atomic mass is 16.5. The van der Waals surface area contributed by atoms with Crippen LogP contribution in [0.15, 0.2) is 67.0 Å². The number of nitrogens with one attached hydrogen (secondary N) is 3. The Labute approximate surface area is 196 Å². The van der Waals surface area contributed by atoms with Crippen LogP contribution < -0.4 is 15.4 Å². The van der Waals surface area contributed by atoms with E-state index in [-0.39, 0.29) is 11.9 Å². The molecule has 1 aliphatic rings. The summed E-state index contributed by atoms with van der Waals surface area (Å²) in [5.74, 6) is 0.529. The third-order valence-electron chi connectivity index (χ3n) is 5.74. The number of nitrogens with zero attached hydrogens (tertiary/aromatic N) is 3. The van der Waals surface area contributed by atoms with E-state index in [1.54, 1.807) is 41.6 Å². The Hall–Kier alpha value is -4.40. The van der Waals surface area contributed by atoms with E-state index in [0.29, 0.717) is 37.5 Å². The minimum atomic E-state index is -0.227. The number of hydrogen-bond acceptors (Lipinski definition) is 5. The molecule has 3 N–H and O–H groups in total. The highest BCUT2D eigenvalue weighted by Crippen LogP contribution is 2.25. The number of carbonyl (C=O) groups is 2. The molecule has 0 saturated carbocycles. The second-order valence-electron chi connectivity index (χ2n) is 7.99. The van der Waals surface area contributed by atoms with Gasteiger partial charge in [-0.3, -0.25) is 9.89 Å². The van der Waals surface area contributed by atoms with Crippen LogP contribution in [0.5, 0.6) is 5.75 Å².